The van der Waals surface area contributed by atoms with E-state index in [0.29, 0.717) is 10.8 Å². The molecule has 0 radical (unpaired) electrons. The van der Waals surface area contributed by atoms with E-state index in [1.807, 2.05) is 64.1 Å². The van der Waals surface area contributed by atoms with Crippen molar-refractivity contribution >= 4 is 40.0 Å². The second-order valence-electron chi connectivity index (χ2n) is 8.65. The number of halogens is 1. The quantitative estimate of drug-likeness (QED) is 0.509. The predicted molar refractivity (Wildman–Crippen MR) is 125 cm³/mol. The van der Waals surface area contributed by atoms with E-state index in [2.05, 4.69) is 10.3 Å². The number of nitrogens with one attached hydrogen (secondary N) is 1. The van der Waals surface area contributed by atoms with Gasteiger partial charge in [0.15, 0.2) is 5.78 Å². The van der Waals surface area contributed by atoms with Crippen LogP contribution in [0.3, 0.4) is 0 Å². The Morgan fingerprint density at radius 3 is 2.26 bits per heavy atom. The Kier molecular flexibility index (Phi) is 6.48. The molecule has 0 bridgehead atoms. The van der Waals surface area contributed by atoms with E-state index in [0.717, 1.165) is 33.2 Å². The topological polar surface area (TPSA) is 68.3 Å². The fraction of sp³-hybridized carbons (Fsp3) is 0.320. The van der Waals surface area contributed by atoms with Crippen LogP contribution in [0.5, 0.6) is 0 Å². The molecule has 0 fully saturated rings. The summed E-state index contributed by atoms with van der Waals surface area (Å²) in [6.45, 7) is 10.7. The van der Waals surface area contributed by atoms with Gasteiger partial charge in [-0.3, -0.25) is 9.59 Å². The molecule has 5 nitrogen and oxygen atoms in total. The largest absolute Gasteiger partial charge is 0.360 e. The molecule has 1 heterocycles. The highest BCUT2D eigenvalue weighted by atomic mass is 35.5. The molecule has 1 amide bonds. The van der Waals surface area contributed by atoms with Gasteiger partial charge in [0, 0.05) is 17.3 Å². The lowest BCUT2D eigenvalue weighted by molar-refractivity contribution is -0.138. The maximum Gasteiger partial charge on any atom is 0.222 e. The molecule has 0 unspecified atom stereocenters. The average molecular weight is 439 g/mol. The predicted octanol–water partition coefficient (Wildman–Crippen LogP) is 6.27. The first-order valence-electron chi connectivity index (χ1n) is 10.1. The molecular weight excluding hydrogens is 412 g/mol. The molecule has 6 heteroatoms. The summed E-state index contributed by atoms with van der Waals surface area (Å²) in [5, 5.41) is 4.21. The van der Waals surface area contributed by atoms with E-state index in [9.17, 15) is 9.59 Å². The molecule has 2 aromatic carbocycles. The Balaban J connectivity index is 2.35. The molecule has 0 aliphatic carbocycles. The normalized spacial score (nSPS) is 12.6. The maximum atomic E-state index is 12.7. The first-order valence-corrected chi connectivity index (χ1v) is 10.5. The molecule has 162 valence electrons. The summed E-state index contributed by atoms with van der Waals surface area (Å²) >= 11 is 6.13. The summed E-state index contributed by atoms with van der Waals surface area (Å²) in [5.41, 5.74) is 3.68. The van der Waals surface area contributed by atoms with Crippen LogP contribution in [-0.2, 0) is 14.3 Å². The van der Waals surface area contributed by atoms with Crippen molar-refractivity contribution in [1.29, 1.82) is 0 Å². The Hall–Kier alpha value is -2.76. The Morgan fingerprint density at radius 2 is 1.71 bits per heavy atom. The van der Waals surface area contributed by atoms with Crippen LogP contribution in [-0.4, -0.2) is 22.3 Å². The van der Waals surface area contributed by atoms with E-state index >= 15 is 0 Å². The lowest BCUT2D eigenvalue weighted by Crippen LogP contribution is -2.27. The first-order chi connectivity index (χ1) is 14.5. The second-order valence-corrected chi connectivity index (χ2v) is 9.09. The number of carbonyl (C=O) groups excluding carboxylic acids is 2. The zero-order valence-electron chi connectivity index (χ0n) is 18.7. The third-order valence-corrected chi connectivity index (χ3v) is 5.03. The number of nitrogens with zero attached hydrogens (tertiary/aromatic N) is 1. The van der Waals surface area contributed by atoms with Crippen molar-refractivity contribution in [2.75, 3.05) is 5.32 Å². The van der Waals surface area contributed by atoms with Gasteiger partial charge in [-0.2, -0.15) is 0 Å². The number of pyridine rings is 1. The van der Waals surface area contributed by atoms with Crippen LogP contribution in [0.25, 0.3) is 22.0 Å². The van der Waals surface area contributed by atoms with Gasteiger partial charge in [0.2, 0.25) is 5.91 Å². The standard InChI is InChI=1S/C25H27ClN2O3/c1-14-13-20-19(11-12-21(28-20)27-16(3)30)23(17-7-9-18(26)10-8-17)22(14)24(15(2)29)31-25(4,5)6/h7-13,24H,1-6H3,(H,27,28,30)/t24-/m1/s1. The lowest BCUT2D eigenvalue weighted by Gasteiger charge is -2.29. The number of ketones is 1. The molecule has 1 atom stereocenters. The number of benzene rings is 2. The van der Waals surface area contributed by atoms with Gasteiger partial charge in [-0.15, -0.1) is 0 Å². The summed E-state index contributed by atoms with van der Waals surface area (Å²) in [6, 6.07) is 13.1. The minimum Gasteiger partial charge on any atom is -0.360 e. The molecule has 31 heavy (non-hydrogen) atoms. The first kappa shape index (κ1) is 22.9. The fourth-order valence-corrected chi connectivity index (χ4v) is 3.76. The zero-order chi connectivity index (χ0) is 22.9. The van der Waals surface area contributed by atoms with E-state index in [1.54, 1.807) is 13.0 Å². The summed E-state index contributed by atoms with van der Waals surface area (Å²) in [7, 11) is 0. The molecule has 3 rings (SSSR count). The summed E-state index contributed by atoms with van der Waals surface area (Å²) in [6.07, 6.45) is -0.731. The van der Waals surface area contributed by atoms with Crippen molar-refractivity contribution in [3.8, 4) is 11.1 Å². The average Bonchev–Trinajstić information content (AvgIpc) is 2.64. The monoisotopic (exact) mass is 438 g/mol. The highest BCUT2D eigenvalue weighted by molar-refractivity contribution is 6.30. The Morgan fingerprint density at radius 1 is 1.06 bits per heavy atom. The van der Waals surface area contributed by atoms with Gasteiger partial charge in [-0.1, -0.05) is 23.7 Å². The molecule has 1 N–H and O–H groups in total. The van der Waals surface area contributed by atoms with Crippen molar-refractivity contribution in [2.24, 2.45) is 0 Å². The van der Waals surface area contributed by atoms with Gasteiger partial charge in [0.25, 0.3) is 0 Å². The van der Waals surface area contributed by atoms with Crippen LogP contribution < -0.4 is 5.32 Å². The van der Waals surface area contributed by atoms with E-state index in [4.69, 9.17) is 16.3 Å². The zero-order valence-corrected chi connectivity index (χ0v) is 19.4. The van der Waals surface area contributed by atoms with Crippen LogP contribution in [0.4, 0.5) is 5.82 Å². The molecule has 0 saturated heterocycles. The molecule has 1 aromatic heterocycles. The van der Waals surface area contributed by atoms with E-state index in [1.165, 1.54) is 6.92 Å². The van der Waals surface area contributed by atoms with Crippen LogP contribution >= 0.6 is 11.6 Å². The molecular formula is C25H27ClN2O3. The number of amides is 1. The van der Waals surface area contributed by atoms with Crippen LogP contribution in [0.2, 0.25) is 5.02 Å². The van der Waals surface area contributed by atoms with E-state index in [-0.39, 0.29) is 11.7 Å². The Labute approximate surface area is 187 Å². The molecule has 0 spiro atoms. The van der Waals surface area contributed by atoms with Gasteiger partial charge >= 0.3 is 0 Å². The highest BCUT2D eigenvalue weighted by Gasteiger charge is 2.29. The van der Waals surface area contributed by atoms with Gasteiger partial charge in [0.05, 0.1) is 11.1 Å². The third kappa shape index (κ3) is 5.30. The van der Waals surface area contributed by atoms with Crippen LogP contribution in [0, 0.1) is 6.92 Å². The number of fused-ring (bicyclic) bond motifs is 1. The number of anilines is 1. The van der Waals surface area contributed by atoms with Crippen molar-refractivity contribution in [3.63, 3.8) is 0 Å². The summed E-state index contributed by atoms with van der Waals surface area (Å²) < 4.78 is 6.22. The molecule has 0 aliphatic rings. The van der Waals surface area contributed by atoms with Crippen molar-refractivity contribution in [2.45, 2.75) is 53.2 Å². The number of hydrogen-bond donors (Lipinski definition) is 1. The number of aromatic nitrogens is 1. The Bertz CT molecular complexity index is 1150. The summed E-state index contributed by atoms with van der Waals surface area (Å²) in [4.78, 5) is 28.8. The summed E-state index contributed by atoms with van der Waals surface area (Å²) in [5.74, 6) is 0.215. The minimum absolute atomic E-state index is 0.0737. The van der Waals surface area contributed by atoms with Gasteiger partial charge < -0.3 is 10.1 Å². The minimum atomic E-state index is -0.731. The van der Waals surface area contributed by atoms with Crippen LogP contribution in [0.1, 0.15) is 51.8 Å². The van der Waals surface area contributed by atoms with Gasteiger partial charge in [-0.25, -0.2) is 4.98 Å². The number of aryl methyl sites for hydroxylation is 1. The third-order valence-electron chi connectivity index (χ3n) is 4.78. The second kappa shape index (κ2) is 8.77. The highest BCUT2D eigenvalue weighted by Crippen LogP contribution is 2.40. The van der Waals surface area contributed by atoms with Crippen LogP contribution in [0.15, 0.2) is 42.5 Å². The number of rotatable bonds is 5. The number of hydrogen-bond acceptors (Lipinski definition) is 4. The van der Waals surface area contributed by atoms with Gasteiger partial charge in [-0.05, 0) is 87.2 Å². The maximum absolute atomic E-state index is 12.7. The fourth-order valence-electron chi connectivity index (χ4n) is 3.64. The number of ether oxygens (including phenoxy) is 1. The van der Waals surface area contributed by atoms with Crippen molar-refractivity contribution < 1.29 is 14.3 Å². The lowest BCUT2D eigenvalue weighted by atomic mass is 9.87. The van der Waals surface area contributed by atoms with E-state index < -0.39 is 11.7 Å². The molecule has 0 saturated carbocycles. The van der Waals surface area contributed by atoms with Gasteiger partial charge in [0.1, 0.15) is 11.9 Å². The number of Topliss-reactive ketones (excluding diaryl/α,β-unsaturated/α-hetero) is 1. The molecule has 3 aromatic rings. The molecule has 0 aliphatic heterocycles. The van der Waals surface area contributed by atoms with Crippen molar-refractivity contribution in [1.82, 2.24) is 4.98 Å². The van der Waals surface area contributed by atoms with Crippen molar-refractivity contribution in [3.05, 3.63) is 58.6 Å². The number of carbonyl (C=O) groups is 2. The smallest absolute Gasteiger partial charge is 0.222 e. The SMILES string of the molecule is CC(=O)Nc1ccc2c(-c3ccc(Cl)cc3)c([C@H](OC(C)(C)C)C(C)=O)c(C)cc2n1.